The lowest BCUT2D eigenvalue weighted by molar-refractivity contribution is 0.102. The molecular formula is C27H28N2O2S2. The molecular weight excluding hydrogens is 448 g/mol. The number of benzene rings is 2. The van der Waals surface area contributed by atoms with Crippen molar-refractivity contribution < 1.29 is 4.79 Å². The van der Waals surface area contributed by atoms with Gasteiger partial charge in [0, 0.05) is 10.4 Å². The van der Waals surface area contributed by atoms with E-state index in [-0.39, 0.29) is 17.1 Å². The van der Waals surface area contributed by atoms with Crippen molar-refractivity contribution in [1.29, 1.82) is 0 Å². The van der Waals surface area contributed by atoms with Gasteiger partial charge in [-0.3, -0.25) is 14.2 Å². The third-order valence-electron chi connectivity index (χ3n) is 5.91. The van der Waals surface area contributed by atoms with Gasteiger partial charge in [0.2, 0.25) is 0 Å². The Morgan fingerprint density at radius 1 is 0.970 bits per heavy atom. The molecule has 0 aliphatic heterocycles. The molecule has 0 unspecified atom stereocenters. The number of hydrogen-bond acceptors (Lipinski definition) is 5. The van der Waals surface area contributed by atoms with E-state index in [1.807, 2.05) is 62.4 Å². The Balaban J connectivity index is 1.70. The number of carbonyl (C=O) groups excluding carboxylic acids is 1. The van der Waals surface area contributed by atoms with Crippen molar-refractivity contribution in [1.82, 2.24) is 9.55 Å². The Bertz CT molecular complexity index is 1350. The number of thiophene rings is 1. The summed E-state index contributed by atoms with van der Waals surface area (Å²) in [6.07, 6.45) is 1.82. The van der Waals surface area contributed by atoms with Crippen LogP contribution in [0, 0.1) is 13.8 Å². The largest absolute Gasteiger partial charge is 0.293 e. The van der Waals surface area contributed by atoms with Gasteiger partial charge in [0.1, 0.15) is 4.83 Å². The Hall–Kier alpha value is -2.70. The normalized spacial score (nSPS) is 11.3. The summed E-state index contributed by atoms with van der Waals surface area (Å²) in [5, 5.41) is 1.30. The summed E-state index contributed by atoms with van der Waals surface area (Å²) in [5.41, 5.74) is 5.10. The van der Waals surface area contributed by atoms with Crippen LogP contribution in [0.25, 0.3) is 10.2 Å². The monoisotopic (exact) mass is 476 g/mol. The molecule has 33 heavy (non-hydrogen) atoms. The van der Waals surface area contributed by atoms with E-state index in [0.29, 0.717) is 22.7 Å². The molecule has 0 spiro atoms. The predicted octanol–water partition coefficient (Wildman–Crippen LogP) is 6.22. The van der Waals surface area contributed by atoms with Gasteiger partial charge in [-0.05, 0) is 43.4 Å². The summed E-state index contributed by atoms with van der Waals surface area (Å²) in [5.74, 6) is 0.276. The summed E-state index contributed by atoms with van der Waals surface area (Å²) in [6, 6.07) is 15.9. The standard InChI is InChI=1S/C27H28N2O2S2/c1-5-19-11-13-21(14-12-19)22(30)16-32-27-28-25-24(18(4)23(6-2)33-25)26(31)29(27)15-20-9-7-17(3)8-10-20/h7-14H,5-6,15-16H2,1-4H3. The topological polar surface area (TPSA) is 52.0 Å². The molecule has 4 rings (SSSR count). The SMILES string of the molecule is CCc1ccc(C(=O)CSc2nc3sc(CC)c(C)c3c(=O)n2Cc2ccc(C)cc2)cc1. The molecule has 0 bridgehead atoms. The van der Waals surface area contributed by atoms with Crippen molar-refractivity contribution in [3.05, 3.63) is 91.6 Å². The molecule has 0 fully saturated rings. The van der Waals surface area contributed by atoms with Crippen molar-refractivity contribution in [2.45, 2.75) is 52.2 Å². The van der Waals surface area contributed by atoms with Gasteiger partial charge < -0.3 is 0 Å². The van der Waals surface area contributed by atoms with Crippen molar-refractivity contribution in [2.75, 3.05) is 5.75 Å². The van der Waals surface area contributed by atoms with Gasteiger partial charge >= 0.3 is 0 Å². The maximum atomic E-state index is 13.6. The van der Waals surface area contributed by atoms with Crippen molar-refractivity contribution in [2.24, 2.45) is 0 Å². The molecule has 0 saturated carbocycles. The zero-order valence-electron chi connectivity index (χ0n) is 19.5. The van der Waals surface area contributed by atoms with E-state index in [2.05, 4.69) is 13.8 Å². The highest BCUT2D eigenvalue weighted by molar-refractivity contribution is 7.99. The second-order valence-electron chi connectivity index (χ2n) is 8.22. The van der Waals surface area contributed by atoms with Crippen LogP contribution >= 0.6 is 23.1 Å². The molecule has 2 aromatic heterocycles. The Morgan fingerprint density at radius 2 is 1.64 bits per heavy atom. The van der Waals surface area contributed by atoms with Crippen LogP contribution in [0.1, 0.15) is 51.3 Å². The quantitative estimate of drug-likeness (QED) is 0.172. The molecule has 0 amide bonds. The molecule has 170 valence electrons. The van der Waals surface area contributed by atoms with Crippen LogP contribution in [0.3, 0.4) is 0 Å². The molecule has 4 aromatic rings. The molecule has 0 saturated heterocycles. The van der Waals surface area contributed by atoms with E-state index >= 15 is 0 Å². The number of fused-ring (bicyclic) bond motifs is 1. The van der Waals surface area contributed by atoms with Crippen molar-refractivity contribution in [3.63, 3.8) is 0 Å². The number of carbonyl (C=O) groups is 1. The molecule has 0 aliphatic carbocycles. The first-order valence-corrected chi connectivity index (χ1v) is 13.0. The lowest BCUT2D eigenvalue weighted by Gasteiger charge is -2.12. The number of nitrogens with zero attached hydrogens (tertiary/aromatic N) is 2. The van der Waals surface area contributed by atoms with Gasteiger partial charge in [-0.25, -0.2) is 4.98 Å². The number of Topliss-reactive ketones (excluding diaryl/α,β-unsaturated/α-hetero) is 1. The highest BCUT2D eigenvalue weighted by atomic mass is 32.2. The maximum absolute atomic E-state index is 13.6. The van der Waals surface area contributed by atoms with Crippen LogP contribution in [-0.2, 0) is 19.4 Å². The molecule has 0 N–H and O–H groups in total. The fourth-order valence-corrected chi connectivity index (χ4v) is 5.90. The zero-order chi connectivity index (χ0) is 23.5. The average molecular weight is 477 g/mol. The van der Waals surface area contributed by atoms with E-state index in [1.54, 1.807) is 15.9 Å². The van der Waals surface area contributed by atoms with E-state index in [1.165, 1.54) is 27.8 Å². The minimum atomic E-state index is -0.0312. The zero-order valence-corrected chi connectivity index (χ0v) is 21.1. The first-order valence-electron chi connectivity index (χ1n) is 11.2. The third-order valence-corrected chi connectivity index (χ3v) is 8.22. The number of aryl methyl sites for hydroxylation is 4. The van der Waals surface area contributed by atoms with E-state index < -0.39 is 0 Å². The fourth-order valence-electron chi connectivity index (χ4n) is 3.85. The second kappa shape index (κ2) is 10.1. The maximum Gasteiger partial charge on any atom is 0.263 e. The third kappa shape index (κ3) is 4.97. The van der Waals surface area contributed by atoms with Crippen LogP contribution in [0.4, 0.5) is 0 Å². The Morgan fingerprint density at radius 3 is 2.27 bits per heavy atom. The summed E-state index contributed by atoms with van der Waals surface area (Å²) in [7, 11) is 0. The van der Waals surface area contributed by atoms with Crippen molar-refractivity contribution >= 4 is 39.1 Å². The minimum Gasteiger partial charge on any atom is -0.293 e. The van der Waals surface area contributed by atoms with Crippen LogP contribution in [-0.4, -0.2) is 21.1 Å². The molecule has 0 aliphatic rings. The van der Waals surface area contributed by atoms with Crippen LogP contribution < -0.4 is 5.56 Å². The average Bonchev–Trinajstić information content (AvgIpc) is 3.16. The summed E-state index contributed by atoms with van der Waals surface area (Å²) in [6.45, 7) is 8.68. The first-order chi connectivity index (χ1) is 15.9. The fraction of sp³-hybridized carbons (Fsp3) is 0.296. The van der Waals surface area contributed by atoms with Crippen molar-refractivity contribution in [3.8, 4) is 0 Å². The van der Waals surface area contributed by atoms with Crippen LogP contribution in [0.15, 0.2) is 58.5 Å². The summed E-state index contributed by atoms with van der Waals surface area (Å²) in [4.78, 5) is 33.2. The van der Waals surface area contributed by atoms with Crippen LogP contribution in [0.5, 0.6) is 0 Å². The Labute approximate surface area is 202 Å². The summed E-state index contributed by atoms with van der Waals surface area (Å²) >= 11 is 2.92. The van der Waals surface area contributed by atoms with Crippen LogP contribution in [0.2, 0.25) is 0 Å². The lowest BCUT2D eigenvalue weighted by Crippen LogP contribution is -2.24. The van der Waals surface area contributed by atoms with Gasteiger partial charge in [0.05, 0.1) is 17.7 Å². The molecule has 6 heteroatoms. The Kier molecular flexibility index (Phi) is 7.15. The lowest BCUT2D eigenvalue weighted by atomic mass is 10.1. The molecule has 0 radical (unpaired) electrons. The number of hydrogen-bond donors (Lipinski definition) is 0. The molecule has 2 heterocycles. The number of rotatable bonds is 8. The molecule has 4 nitrogen and oxygen atoms in total. The molecule has 2 aromatic carbocycles. The van der Waals surface area contributed by atoms with E-state index in [0.717, 1.165) is 28.8 Å². The first kappa shape index (κ1) is 23.5. The smallest absolute Gasteiger partial charge is 0.263 e. The van der Waals surface area contributed by atoms with E-state index in [9.17, 15) is 9.59 Å². The second-order valence-corrected chi connectivity index (χ2v) is 10.2. The van der Waals surface area contributed by atoms with Gasteiger partial charge in [-0.2, -0.15) is 0 Å². The summed E-state index contributed by atoms with van der Waals surface area (Å²) < 4.78 is 1.73. The molecule has 0 atom stereocenters. The highest BCUT2D eigenvalue weighted by Gasteiger charge is 2.19. The van der Waals surface area contributed by atoms with Gasteiger partial charge in [0.25, 0.3) is 5.56 Å². The number of aromatic nitrogens is 2. The minimum absolute atomic E-state index is 0.0312. The van der Waals surface area contributed by atoms with Gasteiger partial charge in [-0.1, -0.05) is 79.7 Å². The van der Waals surface area contributed by atoms with Gasteiger partial charge in [0.15, 0.2) is 10.9 Å². The highest BCUT2D eigenvalue weighted by Crippen LogP contribution is 2.30. The number of ketones is 1. The number of thioether (sulfide) groups is 1. The predicted molar refractivity (Wildman–Crippen MR) is 139 cm³/mol. The van der Waals surface area contributed by atoms with E-state index in [4.69, 9.17) is 4.98 Å². The van der Waals surface area contributed by atoms with Gasteiger partial charge in [-0.15, -0.1) is 11.3 Å².